The van der Waals surface area contributed by atoms with Crippen molar-refractivity contribution in [3.63, 3.8) is 0 Å². The predicted molar refractivity (Wildman–Crippen MR) is 74.4 cm³/mol. The second kappa shape index (κ2) is 8.91. The first-order chi connectivity index (χ1) is 10.0. The van der Waals surface area contributed by atoms with Gasteiger partial charge in [0, 0.05) is 13.0 Å². The minimum Gasteiger partial charge on any atom is -0.481 e. The third-order valence-corrected chi connectivity index (χ3v) is 2.80. The van der Waals surface area contributed by atoms with Gasteiger partial charge in [0.15, 0.2) is 0 Å². The zero-order chi connectivity index (χ0) is 15.7. The number of hydrogen-bond donors (Lipinski definition) is 4. The second-order valence-corrected chi connectivity index (χ2v) is 4.61. The van der Waals surface area contributed by atoms with Gasteiger partial charge in [-0.15, -0.1) is 0 Å². The molecule has 0 aliphatic rings. The second-order valence-electron chi connectivity index (χ2n) is 4.61. The molecule has 1 aromatic rings. The Morgan fingerprint density at radius 3 is 2.48 bits per heavy atom. The number of benzene rings is 1. The standard InChI is InChI=1S/C14H19FN2O4/c15-11-5-3-10(4-6-11)8-12(9-18)17-14(21)16-7-1-2-13(19)20/h3-6,12,18H,1-2,7-9H2,(H,19,20)(H2,16,17,21). The van der Waals surface area contributed by atoms with E-state index in [1.807, 2.05) is 0 Å². The smallest absolute Gasteiger partial charge is 0.315 e. The number of carboxylic acids is 1. The first-order valence-electron chi connectivity index (χ1n) is 6.62. The third-order valence-electron chi connectivity index (χ3n) is 2.80. The molecule has 1 rings (SSSR count). The van der Waals surface area contributed by atoms with Gasteiger partial charge in [0.2, 0.25) is 0 Å². The molecular weight excluding hydrogens is 279 g/mol. The van der Waals surface area contributed by atoms with E-state index in [1.54, 1.807) is 12.1 Å². The van der Waals surface area contributed by atoms with Crippen molar-refractivity contribution in [3.05, 3.63) is 35.6 Å². The Bertz CT molecular complexity index is 465. The molecule has 0 fully saturated rings. The Balaban J connectivity index is 2.34. The number of carbonyl (C=O) groups excluding carboxylic acids is 1. The lowest BCUT2D eigenvalue weighted by Crippen LogP contribution is -2.45. The minimum absolute atomic E-state index is 0.0146. The summed E-state index contributed by atoms with van der Waals surface area (Å²) in [6.07, 6.45) is 0.698. The average Bonchev–Trinajstić information content (AvgIpc) is 2.45. The predicted octanol–water partition coefficient (Wildman–Crippen LogP) is 0.893. The summed E-state index contributed by atoms with van der Waals surface area (Å²) in [5, 5.41) is 22.8. The van der Waals surface area contributed by atoms with E-state index in [2.05, 4.69) is 10.6 Å². The van der Waals surface area contributed by atoms with Gasteiger partial charge in [0.05, 0.1) is 12.6 Å². The molecule has 6 nitrogen and oxygen atoms in total. The van der Waals surface area contributed by atoms with Gasteiger partial charge in [-0.2, -0.15) is 0 Å². The first-order valence-corrected chi connectivity index (χ1v) is 6.62. The van der Waals surface area contributed by atoms with Gasteiger partial charge >= 0.3 is 12.0 Å². The molecule has 0 aliphatic carbocycles. The largest absolute Gasteiger partial charge is 0.481 e. The van der Waals surface area contributed by atoms with Crippen LogP contribution in [-0.2, 0) is 11.2 Å². The van der Waals surface area contributed by atoms with Gasteiger partial charge in [-0.25, -0.2) is 9.18 Å². The maximum Gasteiger partial charge on any atom is 0.315 e. The number of halogens is 1. The van der Waals surface area contributed by atoms with E-state index in [0.29, 0.717) is 12.8 Å². The van der Waals surface area contributed by atoms with Crippen LogP contribution in [0.1, 0.15) is 18.4 Å². The molecule has 0 saturated heterocycles. The highest BCUT2D eigenvalue weighted by Gasteiger charge is 2.12. The summed E-state index contributed by atoms with van der Waals surface area (Å²) in [5.74, 6) is -1.26. The van der Waals surface area contributed by atoms with Gasteiger partial charge in [-0.3, -0.25) is 4.79 Å². The quantitative estimate of drug-likeness (QED) is 0.536. The van der Waals surface area contributed by atoms with Crippen LogP contribution in [0.2, 0.25) is 0 Å². The summed E-state index contributed by atoms with van der Waals surface area (Å²) in [6, 6.07) is 4.84. The van der Waals surface area contributed by atoms with Crippen LogP contribution in [-0.4, -0.2) is 41.4 Å². The monoisotopic (exact) mass is 298 g/mol. The zero-order valence-electron chi connectivity index (χ0n) is 11.5. The van der Waals surface area contributed by atoms with Crippen LogP contribution in [0.25, 0.3) is 0 Å². The summed E-state index contributed by atoms with van der Waals surface area (Å²) in [5.41, 5.74) is 0.793. The van der Waals surface area contributed by atoms with Crippen LogP contribution in [0.3, 0.4) is 0 Å². The Labute approximate surface area is 122 Å². The molecule has 1 atom stereocenters. The van der Waals surface area contributed by atoms with Crippen LogP contribution >= 0.6 is 0 Å². The number of aliphatic carboxylic acids is 1. The van der Waals surface area contributed by atoms with Gasteiger partial charge in [0.25, 0.3) is 0 Å². The molecule has 0 aliphatic heterocycles. The third kappa shape index (κ3) is 7.26. The maximum absolute atomic E-state index is 12.8. The number of aliphatic hydroxyl groups is 1. The summed E-state index contributed by atoms with van der Waals surface area (Å²) < 4.78 is 12.8. The number of aliphatic hydroxyl groups excluding tert-OH is 1. The topological polar surface area (TPSA) is 98.7 Å². The number of carbonyl (C=O) groups is 2. The number of carboxylic acid groups (broad SMARTS) is 1. The molecule has 0 heterocycles. The van der Waals surface area contributed by atoms with Crippen LogP contribution in [0.5, 0.6) is 0 Å². The van der Waals surface area contributed by atoms with Gasteiger partial charge < -0.3 is 20.8 Å². The van der Waals surface area contributed by atoms with E-state index in [9.17, 15) is 19.1 Å². The minimum atomic E-state index is -0.915. The van der Waals surface area contributed by atoms with Crippen molar-refractivity contribution in [2.75, 3.05) is 13.2 Å². The number of nitrogens with one attached hydrogen (secondary N) is 2. The fourth-order valence-electron chi connectivity index (χ4n) is 1.74. The van der Waals surface area contributed by atoms with E-state index >= 15 is 0 Å². The Morgan fingerprint density at radius 1 is 1.24 bits per heavy atom. The van der Waals surface area contributed by atoms with Gasteiger partial charge in [-0.1, -0.05) is 12.1 Å². The number of amides is 2. The Hall–Kier alpha value is -2.15. The highest BCUT2D eigenvalue weighted by Crippen LogP contribution is 2.05. The SMILES string of the molecule is O=C(O)CCCNC(=O)NC(CO)Cc1ccc(F)cc1. The van der Waals surface area contributed by atoms with Crippen molar-refractivity contribution < 1.29 is 24.2 Å². The molecule has 0 saturated carbocycles. The molecule has 21 heavy (non-hydrogen) atoms. The van der Waals surface area contributed by atoms with Crippen molar-refractivity contribution in [2.45, 2.75) is 25.3 Å². The fraction of sp³-hybridized carbons (Fsp3) is 0.429. The van der Waals surface area contributed by atoms with E-state index in [-0.39, 0.29) is 25.4 Å². The molecule has 1 unspecified atom stereocenters. The lowest BCUT2D eigenvalue weighted by Gasteiger charge is -2.17. The number of hydrogen-bond acceptors (Lipinski definition) is 3. The number of rotatable bonds is 8. The van der Waals surface area contributed by atoms with E-state index in [4.69, 9.17) is 5.11 Å². The van der Waals surface area contributed by atoms with Gasteiger partial charge in [-0.05, 0) is 30.5 Å². The molecule has 1 aromatic carbocycles. The summed E-state index contributed by atoms with van der Waals surface area (Å²) in [4.78, 5) is 21.9. The molecular formula is C14H19FN2O4. The summed E-state index contributed by atoms with van der Waals surface area (Å²) in [7, 11) is 0. The molecule has 116 valence electrons. The maximum atomic E-state index is 12.8. The van der Waals surface area contributed by atoms with Crippen LogP contribution in [0.15, 0.2) is 24.3 Å². The van der Waals surface area contributed by atoms with Crippen molar-refractivity contribution in [1.82, 2.24) is 10.6 Å². The van der Waals surface area contributed by atoms with E-state index in [1.165, 1.54) is 12.1 Å². The van der Waals surface area contributed by atoms with Gasteiger partial charge in [0.1, 0.15) is 5.82 Å². The Kier molecular flexibility index (Phi) is 7.17. The van der Waals surface area contributed by atoms with Crippen LogP contribution in [0, 0.1) is 5.82 Å². The summed E-state index contributed by atoms with van der Waals surface area (Å²) >= 11 is 0. The Morgan fingerprint density at radius 2 is 1.90 bits per heavy atom. The number of urea groups is 1. The van der Waals surface area contributed by atoms with E-state index in [0.717, 1.165) is 5.56 Å². The molecule has 0 spiro atoms. The molecule has 0 aromatic heterocycles. The zero-order valence-corrected chi connectivity index (χ0v) is 11.5. The highest BCUT2D eigenvalue weighted by atomic mass is 19.1. The average molecular weight is 298 g/mol. The molecule has 0 bridgehead atoms. The molecule has 2 amide bonds. The lowest BCUT2D eigenvalue weighted by atomic mass is 10.1. The lowest BCUT2D eigenvalue weighted by molar-refractivity contribution is -0.137. The van der Waals surface area contributed by atoms with Crippen molar-refractivity contribution in [2.24, 2.45) is 0 Å². The van der Waals surface area contributed by atoms with Crippen LogP contribution in [0.4, 0.5) is 9.18 Å². The molecule has 0 radical (unpaired) electrons. The normalized spacial score (nSPS) is 11.7. The molecule has 4 N–H and O–H groups in total. The summed E-state index contributed by atoms with van der Waals surface area (Å²) in [6.45, 7) is -0.00719. The highest BCUT2D eigenvalue weighted by molar-refractivity contribution is 5.74. The van der Waals surface area contributed by atoms with Crippen molar-refractivity contribution >= 4 is 12.0 Å². The van der Waals surface area contributed by atoms with Crippen molar-refractivity contribution in [1.29, 1.82) is 0 Å². The molecule has 7 heteroatoms. The first kappa shape index (κ1) is 16.9. The van der Waals surface area contributed by atoms with Crippen molar-refractivity contribution in [3.8, 4) is 0 Å². The van der Waals surface area contributed by atoms with Crippen LogP contribution < -0.4 is 10.6 Å². The fourth-order valence-corrected chi connectivity index (χ4v) is 1.74. The van der Waals surface area contributed by atoms with E-state index < -0.39 is 18.0 Å².